The van der Waals surface area contributed by atoms with Gasteiger partial charge in [-0.2, -0.15) is 0 Å². The van der Waals surface area contributed by atoms with E-state index < -0.39 is 5.72 Å². The summed E-state index contributed by atoms with van der Waals surface area (Å²) in [5.41, 5.74) is -0.164. The zero-order chi connectivity index (χ0) is 20.5. The number of nitrogens with zero attached hydrogens (tertiary/aromatic N) is 3. The van der Waals surface area contributed by atoms with Crippen LogP contribution >= 0.6 is 0 Å². The van der Waals surface area contributed by atoms with Crippen LogP contribution in [0.3, 0.4) is 0 Å². The maximum atomic E-state index is 13.6. The second kappa shape index (κ2) is 8.03. The lowest BCUT2D eigenvalue weighted by atomic mass is 9.99. The third kappa shape index (κ3) is 3.58. The van der Waals surface area contributed by atoms with Gasteiger partial charge in [0.2, 0.25) is 0 Å². The Morgan fingerprint density at radius 1 is 1.39 bits per heavy atom. The van der Waals surface area contributed by atoms with E-state index in [0.29, 0.717) is 24.7 Å². The van der Waals surface area contributed by atoms with Crippen molar-refractivity contribution in [3.63, 3.8) is 0 Å². The molecule has 152 valence electrons. The lowest BCUT2D eigenvalue weighted by Crippen LogP contribution is -2.51. The van der Waals surface area contributed by atoms with Gasteiger partial charge in [0.15, 0.2) is 0 Å². The van der Waals surface area contributed by atoms with Crippen LogP contribution in [0.5, 0.6) is 0 Å². The first-order valence-electron chi connectivity index (χ1n) is 10.3. The highest BCUT2D eigenvalue weighted by Crippen LogP contribution is 2.35. The van der Waals surface area contributed by atoms with E-state index in [-0.39, 0.29) is 23.1 Å². The fourth-order valence-corrected chi connectivity index (χ4v) is 4.02. The zero-order valence-electron chi connectivity index (χ0n) is 17.6. The Hall–Kier alpha value is -2.21. The molecule has 1 aliphatic rings. The van der Waals surface area contributed by atoms with Crippen molar-refractivity contribution in [2.24, 2.45) is 5.92 Å². The molecule has 28 heavy (non-hydrogen) atoms. The first-order valence-corrected chi connectivity index (χ1v) is 10.3. The number of hydrogen-bond donors (Lipinski definition) is 0. The van der Waals surface area contributed by atoms with Gasteiger partial charge < -0.3 is 9.64 Å². The molecular formula is C22H31N3O3. The van der Waals surface area contributed by atoms with E-state index in [1.807, 2.05) is 30.9 Å². The quantitative estimate of drug-likeness (QED) is 0.758. The molecule has 6 heteroatoms. The zero-order valence-corrected chi connectivity index (χ0v) is 17.6. The third-order valence-corrected chi connectivity index (χ3v) is 5.73. The lowest BCUT2D eigenvalue weighted by molar-refractivity contribution is -0.0641. The summed E-state index contributed by atoms with van der Waals surface area (Å²) in [5.74, 6) is 0.274. The van der Waals surface area contributed by atoms with Crippen LogP contribution in [0, 0.1) is 5.92 Å². The van der Waals surface area contributed by atoms with Crippen molar-refractivity contribution in [2.45, 2.75) is 72.2 Å². The Labute approximate surface area is 166 Å². The van der Waals surface area contributed by atoms with Crippen molar-refractivity contribution in [3.8, 4) is 0 Å². The van der Waals surface area contributed by atoms with E-state index in [2.05, 4.69) is 25.8 Å². The summed E-state index contributed by atoms with van der Waals surface area (Å²) in [6, 6.07) is 5.37. The Bertz CT molecular complexity index is 921. The molecule has 2 aromatic rings. The number of amides is 1. The molecule has 1 aliphatic heterocycles. The Kier molecular flexibility index (Phi) is 5.89. The van der Waals surface area contributed by atoms with Gasteiger partial charge in [-0.25, -0.2) is 4.98 Å². The number of pyridine rings is 2. The van der Waals surface area contributed by atoms with Gasteiger partial charge in [0.1, 0.15) is 16.9 Å². The van der Waals surface area contributed by atoms with Crippen LogP contribution in [0.15, 0.2) is 29.2 Å². The highest BCUT2D eigenvalue weighted by atomic mass is 16.5. The fraction of sp³-hybridized carbons (Fsp3) is 0.591. The molecule has 3 rings (SSSR count). The van der Waals surface area contributed by atoms with Crippen LogP contribution in [0.2, 0.25) is 0 Å². The van der Waals surface area contributed by atoms with Crippen LogP contribution in [0.25, 0.3) is 11.0 Å². The minimum absolute atomic E-state index is 0.0243. The van der Waals surface area contributed by atoms with Crippen LogP contribution < -0.4 is 5.56 Å². The molecule has 0 N–H and O–H groups in total. The maximum Gasteiger partial charge on any atom is 0.265 e. The minimum Gasteiger partial charge on any atom is -0.354 e. The summed E-state index contributed by atoms with van der Waals surface area (Å²) in [6.07, 6.45) is 4.17. The molecule has 0 bridgehead atoms. The topological polar surface area (TPSA) is 64.4 Å². The predicted molar refractivity (Wildman–Crippen MR) is 110 cm³/mol. The predicted octanol–water partition coefficient (Wildman–Crippen LogP) is 3.82. The van der Waals surface area contributed by atoms with Crippen molar-refractivity contribution in [2.75, 3.05) is 6.61 Å². The van der Waals surface area contributed by atoms with Crippen molar-refractivity contribution >= 4 is 16.9 Å². The Morgan fingerprint density at radius 3 is 2.79 bits per heavy atom. The van der Waals surface area contributed by atoms with Crippen molar-refractivity contribution < 1.29 is 9.53 Å². The first kappa shape index (κ1) is 20.5. The van der Waals surface area contributed by atoms with Crippen molar-refractivity contribution in [3.05, 3.63) is 40.3 Å². The van der Waals surface area contributed by atoms with Crippen LogP contribution in [-0.2, 0) is 11.3 Å². The number of ether oxygens (including phenoxy) is 1. The molecule has 0 aliphatic carbocycles. The summed E-state index contributed by atoms with van der Waals surface area (Å²) in [7, 11) is 0. The number of aromatic nitrogens is 2. The average Bonchev–Trinajstić information content (AvgIpc) is 3.02. The molecule has 3 heterocycles. The largest absolute Gasteiger partial charge is 0.354 e. The molecule has 0 aromatic carbocycles. The molecule has 1 amide bonds. The van der Waals surface area contributed by atoms with E-state index in [9.17, 15) is 9.59 Å². The maximum absolute atomic E-state index is 13.6. The highest BCUT2D eigenvalue weighted by Gasteiger charge is 2.46. The summed E-state index contributed by atoms with van der Waals surface area (Å²) < 4.78 is 7.69. The van der Waals surface area contributed by atoms with Crippen LogP contribution in [0.4, 0.5) is 0 Å². The van der Waals surface area contributed by atoms with Gasteiger partial charge in [-0.3, -0.25) is 14.2 Å². The molecule has 2 aromatic heterocycles. The Balaban J connectivity index is 2.08. The highest BCUT2D eigenvalue weighted by molar-refractivity contribution is 5.97. The molecule has 0 radical (unpaired) electrons. The molecule has 0 unspecified atom stereocenters. The van der Waals surface area contributed by atoms with Gasteiger partial charge in [0.25, 0.3) is 11.5 Å². The van der Waals surface area contributed by atoms with Gasteiger partial charge in [0.05, 0.1) is 12.6 Å². The minimum atomic E-state index is -0.685. The molecular weight excluding hydrogens is 354 g/mol. The van der Waals surface area contributed by atoms with Gasteiger partial charge in [-0.05, 0) is 57.2 Å². The Morgan fingerprint density at radius 2 is 2.14 bits per heavy atom. The molecule has 2 atom stereocenters. The summed E-state index contributed by atoms with van der Waals surface area (Å²) in [4.78, 5) is 32.9. The standard InChI is InChI=1S/C22H31N3O3/c1-6-17-14-28-22(5,11-10-15(3)4)25(17)21(27)18-13-16-9-8-12-23-19(16)24(7-2)20(18)26/h8-9,12-13,15,17H,6-7,10-11,14H2,1-5H3/t17-,22+/m1/s1. The van der Waals surface area contributed by atoms with E-state index >= 15 is 0 Å². The smallest absolute Gasteiger partial charge is 0.265 e. The summed E-state index contributed by atoms with van der Waals surface area (Å²) in [5, 5.41) is 0.796. The normalized spacial score (nSPS) is 22.4. The lowest BCUT2D eigenvalue weighted by Gasteiger charge is -2.37. The van der Waals surface area contributed by atoms with Gasteiger partial charge in [0, 0.05) is 18.1 Å². The number of aryl methyl sites for hydroxylation is 1. The van der Waals surface area contributed by atoms with Crippen molar-refractivity contribution in [1.82, 2.24) is 14.5 Å². The average molecular weight is 386 g/mol. The summed E-state index contributed by atoms with van der Waals surface area (Å²) >= 11 is 0. The number of carbonyl (C=O) groups excluding carboxylic acids is 1. The molecule has 1 fully saturated rings. The second-order valence-corrected chi connectivity index (χ2v) is 8.18. The molecule has 1 saturated heterocycles. The van der Waals surface area contributed by atoms with E-state index in [1.165, 1.54) is 0 Å². The molecule has 6 nitrogen and oxygen atoms in total. The van der Waals surface area contributed by atoms with Crippen LogP contribution in [0.1, 0.15) is 64.2 Å². The number of carbonyl (C=O) groups is 1. The van der Waals surface area contributed by atoms with Gasteiger partial charge in [-0.1, -0.05) is 20.8 Å². The first-order chi connectivity index (χ1) is 13.3. The summed E-state index contributed by atoms with van der Waals surface area (Å²) in [6.45, 7) is 11.2. The monoisotopic (exact) mass is 385 g/mol. The van der Waals surface area contributed by atoms with E-state index in [4.69, 9.17) is 4.74 Å². The molecule has 0 spiro atoms. The number of rotatable bonds is 6. The van der Waals surface area contributed by atoms with Crippen LogP contribution in [-0.4, -0.2) is 38.7 Å². The van der Waals surface area contributed by atoms with E-state index in [1.54, 1.807) is 16.8 Å². The van der Waals surface area contributed by atoms with E-state index in [0.717, 1.165) is 24.6 Å². The fourth-order valence-electron chi connectivity index (χ4n) is 4.02. The molecule has 0 saturated carbocycles. The second-order valence-electron chi connectivity index (χ2n) is 8.18. The van der Waals surface area contributed by atoms with Gasteiger partial charge in [-0.15, -0.1) is 0 Å². The third-order valence-electron chi connectivity index (χ3n) is 5.73. The SMILES string of the molecule is CC[C@@H]1CO[C@@](C)(CCC(C)C)N1C(=O)c1cc2cccnc2n(CC)c1=O. The number of fused-ring (bicyclic) bond motifs is 1. The van der Waals surface area contributed by atoms with Crippen molar-refractivity contribution in [1.29, 1.82) is 0 Å². The number of hydrogen-bond acceptors (Lipinski definition) is 4. The van der Waals surface area contributed by atoms with Gasteiger partial charge >= 0.3 is 0 Å².